The number of benzene rings is 1. The normalized spacial score (nSPS) is 12.6. The van der Waals surface area contributed by atoms with Crippen molar-refractivity contribution in [3.8, 4) is 0 Å². The maximum Gasteiger partial charge on any atom is 0.258 e. The fourth-order valence-electron chi connectivity index (χ4n) is 2.02. The van der Waals surface area contributed by atoms with E-state index >= 15 is 0 Å². The first-order valence-corrected chi connectivity index (χ1v) is 6.93. The van der Waals surface area contributed by atoms with Crippen LogP contribution in [0.5, 0.6) is 0 Å². The van der Waals surface area contributed by atoms with Crippen molar-refractivity contribution in [3.05, 3.63) is 45.0 Å². The molecule has 20 heavy (non-hydrogen) atoms. The molecule has 0 fully saturated rings. The average Bonchev–Trinajstić information content (AvgIpc) is 2.34. The third-order valence-electron chi connectivity index (χ3n) is 2.91. The maximum atomic E-state index is 13.5. The second-order valence-corrected chi connectivity index (χ2v) is 5.68. The lowest BCUT2D eigenvalue weighted by Crippen LogP contribution is -2.27. The molecule has 4 nitrogen and oxygen atoms in total. The van der Waals surface area contributed by atoms with Crippen molar-refractivity contribution < 1.29 is 9.18 Å². The molecule has 0 amide bonds. The van der Waals surface area contributed by atoms with E-state index < -0.39 is 5.82 Å². The Morgan fingerprint density at radius 3 is 2.85 bits per heavy atom. The number of halogens is 2. The van der Waals surface area contributed by atoms with Gasteiger partial charge in [-0.3, -0.25) is 9.59 Å². The van der Waals surface area contributed by atoms with Crippen LogP contribution in [0.2, 0.25) is 0 Å². The van der Waals surface area contributed by atoms with E-state index in [1.54, 1.807) is 19.1 Å². The summed E-state index contributed by atoms with van der Waals surface area (Å²) in [5.74, 6) is -0.631. The van der Waals surface area contributed by atoms with Gasteiger partial charge in [0.1, 0.15) is 5.82 Å². The monoisotopic (exact) mass is 340 g/mol. The molecule has 2 aromatic rings. The number of ketones is 1. The number of hydrogen-bond acceptors (Lipinski definition) is 3. The second-order valence-electron chi connectivity index (χ2n) is 4.82. The van der Waals surface area contributed by atoms with Crippen molar-refractivity contribution in [2.24, 2.45) is 5.73 Å². The molecule has 106 valence electrons. The molecule has 0 radical (unpaired) electrons. The summed E-state index contributed by atoms with van der Waals surface area (Å²) >= 11 is 3.07. The Labute approximate surface area is 123 Å². The smallest absolute Gasteiger partial charge is 0.258 e. The number of aromatic nitrogens is 1. The Bertz CT molecular complexity index is 725. The summed E-state index contributed by atoms with van der Waals surface area (Å²) in [5.41, 5.74) is 5.17. The minimum Gasteiger partial charge on any atom is -0.328 e. The van der Waals surface area contributed by atoms with Crippen LogP contribution >= 0.6 is 15.9 Å². The van der Waals surface area contributed by atoms with Crippen molar-refractivity contribution >= 4 is 32.5 Å². The van der Waals surface area contributed by atoms with Gasteiger partial charge in [-0.1, -0.05) is 0 Å². The van der Waals surface area contributed by atoms with Crippen molar-refractivity contribution in [1.29, 1.82) is 0 Å². The minimum absolute atomic E-state index is 0.0476. The van der Waals surface area contributed by atoms with Crippen LogP contribution < -0.4 is 11.3 Å². The molecule has 1 aromatic heterocycles. The van der Waals surface area contributed by atoms with Gasteiger partial charge < -0.3 is 10.3 Å². The highest BCUT2D eigenvalue weighted by Gasteiger charge is 2.11. The highest BCUT2D eigenvalue weighted by Crippen LogP contribution is 2.21. The summed E-state index contributed by atoms with van der Waals surface area (Å²) in [6, 6.07) is 4.15. The van der Waals surface area contributed by atoms with Crippen molar-refractivity contribution in [2.45, 2.75) is 25.9 Å². The number of pyridine rings is 1. The summed E-state index contributed by atoms with van der Waals surface area (Å²) in [7, 11) is 0. The van der Waals surface area contributed by atoms with Gasteiger partial charge in [0.05, 0.1) is 16.4 Å². The van der Waals surface area contributed by atoms with Gasteiger partial charge in [-0.15, -0.1) is 0 Å². The second kappa shape index (κ2) is 5.85. The molecule has 1 aromatic carbocycles. The number of carbonyl (C=O) groups excluding carboxylic acids is 1. The Morgan fingerprint density at radius 2 is 2.20 bits per heavy atom. The molecule has 0 aliphatic carbocycles. The predicted molar refractivity (Wildman–Crippen MR) is 79.1 cm³/mol. The summed E-state index contributed by atoms with van der Waals surface area (Å²) in [6.07, 6.45) is 1.74. The zero-order valence-corrected chi connectivity index (χ0v) is 12.5. The van der Waals surface area contributed by atoms with E-state index in [0.29, 0.717) is 9.86 Å². The summed E-state index contributed by atoms with van der Waals surface area (Å²) < 4.78 is 15.1. The molecule has 0 aliphatic rings. The van der Waals surface area contributed by atoms with Crippen LogP contribution in [0.25, 0.3) is 10.8 Å². The standard InChI is InChI=1S/C14H14BrFN2O2/c1-8(17)4-10(19)7-18-3-2-9-5-12(15)13(16)6-11(9)14(18)20/h2-3,5-6,8H,4,7,17H2,1H3. The lowest BCUT2D eigenvalue weighted by Gasteiger charge is -2.08. The molecule has 0 aliphatic heterocycles. The van der Waals surface area contributed by atoms with Gasteiger partial charge in [-0.2, -0.15) is 0 Å². The average molecular weight is 341 g/mol. The molecule has 0 bridgehead atoms. The predicted octanol–water partition coefficient (Wildman–Crippen LogP) is 2.21. The molecule has 0 saturated heterocycles. The SMILES string of the molecule is CC(N)CC(=O)Cn1ccc2cc(Br)c(F)cc2c1=O. The van der Waals surface area contributed by atoms with Crippen molar-refractivity contribution in [1.82, 2.24) is 4.57 Å². The number of hydrogen-bond donors (Lipinski definition) is 1. The van der Waals surface area contributed by atoms with E-state index in [2.05, 4.69) is 15.9 Å². The quantitative estimate of drug-likeness (QED) is 0.927. The fraction of sp³-hybridized carbons (Fsp3) is 0.286. The highest BCUT2D eigenvalue weighted by molar-refractivity contribution is 9.10. The summed E-state index contributed by atoms with van der Waals surface area (Å²) in [4.78, 5) is 23.9. The van der Waals surface area contributed by atoms with Crippen molar-refractivity contribution in [2.75, 3.05) is 0 Å². The number of nitrogens with zero attached hydrogens (tertiary/aromatic N) is 1. The van der Waals surface area contributed by atoms with Crippen LogP contribution in [0.3, 0.4) is 0 Å². The topological polar surface area (TPSA) is 65.1 Å². The first-order valence-electron chi connectivity index (χ1n) is 6.14. The Hall–Kier alpha value is -1.53. The number of rotatable bonds is 4. The van der Waals surface area contributed by atoms with E-state index in [4.69, 9.17) is 5.73 Å². The molecule has 2 N–H and O–H groups in total. The van der Waals surface area contributed by atoms with E-state index in [1.165, 1.54) is 16.8 Å². The number of carbonyl (C=O) groups is 1. The van der Waals surface area contributed by atoms with Gasteiger partial charge in [0.15, 0.2) is 5.78 Å². The zero-order chi connectivity index (χ0) is 14.9. The number of Topliss-reactive ketones (excluding diaryl/α,β-unsaturated/α-hetero) is 1. The zero-order valence-electron chi connectivity index (χ0n) is 10.9. The lowest BCUT2D eigenvalue weighted by atomic mass is 10.1. The van der Waals surface area contributed by atoms with Crippen molar-refractivity contribution in [3.63, 3.8) is 0 Å². The van der Waals surface area contributed by atoms with E-state index in [0.717, 1.165) is 0 Å². The Morgan fingerprint density at radius 1 is 1.50 bits per heavy atom. The van der Waals surface area contributed by atoms with Crippen LogP contribution in [-0.4, -0.2) is 16.4 Å². The van der Waals surface area contributed by atoms with Gasteiger partial charge in [-0.05, 0) is 46.4 Å². The number of nitrogens with two attached hydrogens (primary N) is 1. The third-order valence-corrected chi connectivity index (χ3v) is 3.52. The molecule has 6 heteroatoms. The molecule has 1 heterocycles. The van der Waals surface area contributed by atoms with Crippen LogP contribution in [0, 0.1) is 5.82 Å². The Kier molecular flexibility index (Phi) is 4.35. The fourth-order valence-corrected chi connectivity index (χ4v) is 2.38. The first-order chi connectivity index (χ1) is 9.38. The lowest BCUT2D eigenvalue weighted by molar-refractivity contribution is -0.119. The van der Waals surface area contributed by atoms with Crippen LogP contribution in [-0.2, 0) is 11.3 Å². The van der Waals surface area contributed by atoms with E-state index in [9.17, 15) is 14.0 Å². The highest BCUT2D eigenvalue weighted by atomic mass is 79.9. The van der Waals surface area contributed by atoms with Crippen LogP contribution in [0.15, 0.2) is 33.7 Å². The molecule has 0 saturated carbocycles. The molecule has 0 spiro atoms. The Balaban J connectivity index is 2.42. The molecule has 1 atom stereocenters. The number of fused-ring (bicyclic) bond motifs is 1. The van der Waals surface area contributed by atoms with Gasteiger partial charge in [0, 0.05) is 18.7 Å². The van der Waals surface area contributed by atoms with Crippen LogP contribution in [0.4, 0.5) is 4.39 Å². The summed E-state index contributed by atoms with van der Waals surface area (Å²) in [6.45, 7) is 1.68. The largest absolute Gasteiger partial charge is 0.328 e. The third kappa shape index (κ3) is 3.13. The maximum absolute atomic E-state index is 13.5. The van der Waals surface area contributed by atoms with E-state index in [1.807, 2.05) is 0 Å². The molecule has 1 unspecified atom stereocenters. The van der Waals surface area contributed by atoms with Gasteiger partial charge >= 0.3 is 0 Å². The first kappa shape index (κ1) is 14.9. The van der Waals surface area contributed by atoms with Gasteiger partial charge in [0.2, 0.25) is 0 Å². The van der Waals surface area contributed by atoms with Crippen LogP contribution in [0.1, 0.15) is 13.3 Å². The molecular weight excluding hydrogens is 327 g/mol. The minimum atomic E-state index is -0.505. The van der Waals surface area contributed by atoms with Gasteiger partial charge in [0.25, 0.3) is 5.56 Å². The molecular formula is C14H14BrFN2O2. The summed E-state index contributed by atoms with van der Waals surface area (Å²) in [5, 5.41) is 0.876. The van der Waals surface area contributed by atoms with E-state index in [-0.39, 0.29) is 35.7 Å². The van der Waals surface area contributed by atoms with Gasteiger partial charge in [-0.25, -0.2) is 4.39 Å². The molecule has 2 rings (SSSR count).